The average Bonchev–Trinajstić information content (AvgIpc) is 2.31. The zero-order valence-corrected chi connectivity index (χ0v) is 12.6. The van der Waals surface area contributed by atoms with Crippen LogP contribution in [0.1, 0.15) is 50.3 Å². The lowest BCUT2D eigenvalue weighted by atomic mass is 9.84. The summed E-state index contributed by atoms with van der Waals surface area (Å²) in [7, 11) is 0. The molecule has 0 fully saturated rings. The third-order valence-electron chi connectivity index (χ3n) is 3.26. The van der Waals surface area contributed by atoms with E-state index in [1.165, 1.54) is 5.56 Å². The van der Waals surface area contributed by atoms with Crippen molar-refractivity contribution in [3.05, 3.63) is 28.8 Å². The molecule has 0 aliphatic carbocycles. The van der Waals surface area contributed by atoms with Crippen molar-refractivity contribution < 1.29 is 10.2 Å². The van der Waals surface area contributed by atoms with Gasteiger partial charge < -0.3 is 15.5 Å². The maximum atomic E-state index is 10.2. The fraction of sp³-hybridized carbons (Fsp3) is 0.625. The number of aryl methyl sites for hydroxylation is 1. The molecule has 108 valence electrons. The number of benzene rings is 1. The second-order valence-corrected chi connectivity index (χ2v) is 6.17. The molecule has 0 amide bonds. The first-order chi connectivity index (χ1) is 8.86. The van der Waals surface area contributed by atoms with Gasteiger partial charge in [0.2, 0.25) is 0 Å². The summed E-state index contributed by atoms with van der Waals surface area (Å²) in [4.78, 5) is 0. The van der Waals surface area contributed by atoms with Crippen molar-refractivity contribution in [2.75, 3.05) is 13.2 Å². The summed E-state index contributed by atoms with van der Waals surface area (Å²) in [6, 6.07) is 4.12. The summed E-state index contributed by atoms with van der Waals surface area (Å²) in [6.07, 6.45) is 1.83. The number of phenolic OH excluding ortho intramolecular Hbond substituents is 1. The maximum absolute atomic E-state index is 10.2. The molecule has 0 saturated carbocycles. The van der Waals surface area contributed by atoms with Gasteiger partial charge in [0.15, 0.2) is 0 Å². The van der Waals surface area contributed by atoms with Crippen LogP contribution >= 0.6 is 0 Å². The third-order valence-corrected chi connectivity index (χ3v) is 3.26. The number of nitrogens with one attached hydrogen (secondary N) is 1. The quantitative estimate of drug-likeness (QED) is 0.693. The van der Waals surface area contributed by atoms with E-state index in [-0.39, 0.29) is 12.0 Å². The largest absolute Gasteiger partial charge is 0.507 e. The van der Waals surface area contributed by atoms with E-state index in [2.05, 4.69) is 32.2 Å². The molecule has 0 spiro atoms. The van der Waals surface area contributed by atoms with E-state index in [9.17, 15) is 5.11 Å². The smallest absolute Gasteiger partial charge is 0.122 e. The molecule has 3 heteroatoms. The monoisotopic (exact) mass is 265 g/mol. The molecule has 0 radical (unpaired) electrons. The number of aliphatic hydroxyl groups is 1. The van der Waals surface area contributed by atoms with Crippen molar-refractivity contribution in [3.63, 3.8) is 0 Å². The van der Waals surface area contributed by atoms with Crippen LogP contribution in [0.15, 0.2) is 12.1 Å². The van der Waals surface area contributed by atoms with Crippen LogP contribution in [0.25, 0.3) is 0 Å². The number of rotatable bonds is 6. The van der Waals surface area contributed by atoms with E-state index < -0.39 is 0 Å². The van der Waals surface area contributed by atoms with E-state index in [1.807, 2.05) is 13.0 Å². The Morgan fingerprint density at radius 2 is 1.84 bits per heavy atom. The van der Waals surface area contributed by atoms with Gasteiger partial charge in [0.05, 0.1) is 0 Å². The zero-order valence-electron chi connectivity index (χ0n) is 12.6. The number of aromatic hydroxyl groups is 1. The van der Waals surface area contributed by atoms with Gasteiger partial charge in [-0.25, -0.2) is 0 Å². The lowest BCUT2D eigenvalue weighted by Gasteiger charge is -2.22. The van der Waals surface area contributed by atoms with Crippen molar-refractivity contribution >= 4 is 0 Å². The molecule has 3 N–H and O–H groups in total. The van der Waals surface area contributed by atoms with E-state index in [0.717, 1.165) is 37.1 Å². The minimum absolute atomic E-state index is 0.0538. The van der Waals surface area contributed by atoms with Gasteiger partial charge in [0.25, 0.3) is 0 Å². The Morgan fingerprint density at radius 1 is 1.16 bits per heavy atom. The van der Waals surface area contributed by atoms with Gasteiger partial charge in [-0.1, -0.05) is 32.9 Å². The lowest BCUT2D eigenvalue weighted by Crippen LogP contribution is -2.17. The molecule has 1 aromatic rings. The van der Waals surface area contributed by atoms with E-state index in [4.69, 9.17) is 5.11 Å². The maximum Gasteiger partial charge on any atom is 0.122 e. The molecule has 1 rings (SSSR count). The highest BCUT2D eigenvalue weighted by Crippen LogP contribution is 2.33. The summed E-state index contributed by atoms with van der Waals surface area (Å²) in [5.41, 5.74) is 3.07. The first kappa shape index (κ1) is 16.0. The van der Waals surface area contributed by atoms with E-state index in [0.29, 0.717) is 5.75 Å². The number of hydrogen-bond acceptors (Lipinski definition) is 3. The summed E-state index contributed by atoms with van der Waals surface area (Å²) in [5.74, 6) is 0.413. The van der Waals surface area contributed by atoms with Crippen molar-refractivity contribution in [1.82, 2.24) is 5.32 Å². The molecule has 0 saturated heterocycles. The number of unbranched alkanes of at least 4 members (excludes halogenated alkanes) is 1. The molecule has 1 aromatic carbocycles. The highest BCUT2D eigenvalue weighted by Gasteiger charge is 2.19. The molecule has 0 atom stereocenters. The van der Waals surface area contributed by atoms with Crippen LogP contribution in [0.2, 0.25) is 0 Å². The summed E-state index contributed by atoms with van der Waals surface area (Å²) < 4.78 is 0. The molecule has 0 unspecified atom stereocenters. The van der Waals surface area contributed by atoms with Gasteiger partial charge in [-0.15, -0.1) is 0 Å². The minimum atomic E-state index is -0.0538. The van der Waals surface area contributed by atoms with Crippen LogP contribution in [0.4, 0.5) is 0 Å². The van der Waals surface area contributed by atoms with Crippen LogP contribution in [0.5, 0.6) is 5.75 Å². The first-order valence-corrected chi connectivity index (χ1v) is 7.01. The predicted octanol–water partition coefficient (Wildman–Crippen LogP) is 2.86. The van der Waals surface area contributed by atoms with Crippen molar-refractivity contribution in [1.29, 1.82) is 0 Å². The molecule has 0 heterocycles. The van der Waals surface area contributed by atoms with Crippen LogP contribution in [0.3, 0.4) is 0 Å². The van der Waals surface area contributed by atoms with Crippen LogP contribution in [0, 0.1) is 6.92 Å². The SMILES string of the molecule is Cc1cc(CNCCCCO)cc(C(C)(C)C)c1O. The lowest BCUT2D eigenvalue weighted by molar-refractivity contribution is 0.283. The molecule has 19 heavy (non-hydrogen) atoms. The molecule has 0 bridgehead atoms. The van der Waals surface area contributed by atoms with E-state index >= 15 is 0 Å². The van der Waals surface area contributed by atoms with Crippen molar-refractivity contribution in [3.8, 4) is 5.75 Å². The highest BCUT2D eigenvalue weighted by molar-refractivity contribution is 5.46. The minimum Gasteiger partial charge on any atom is -0.507 e. The Bertz CT molecular complexity index is 408. The number of phenols is 1. The fourth-order valence-electron chi connectivity index (χ4n) is 2.12. The topological polar surface area (TPSA) is 52.5 Å². The van der Waals surface area contributed by atoms with Gasteiger partial charge >= 0.3 is 0 Å². The molecular formula is C16H27NO2. The summed E-state index contributed by atoms with van der Waals surface area (Å²) in [6.45, 7) is 10.2. The number of aliphatic hydroxyl groups excluding tert-OH is 1. The molecule has 0 aromatic heterocycles. The molecule has 0 aliphatic rings. The fourth-order valence-corrected chi connectivity index (χ4v) is 2.12. The third kappa shape index (κ3) is 4.84. The highest BCUT2D eigenvalue weighted by atomic mass is 16.3. The Hall–Kier alpha value is -1.06. The zero-order chi connectivity index (χ0) is 14.5. The van der Waals surface area contributed by atoms with Crippen LogP contribution in [-0.2, 0) is 12.0 Å². The van der Waals surface area contributed by atoms with Crippen LogP contribution in [-0.4, -0.2) is 23.4 Å². The number of hydrogen-bond donors (Lipinski definition) is 3. The van der Waals surface area contributed by atoms with Gasteiger partial charge in [0, 0.05) is 13.2 Å². The summed E-state index contributed by atoms with van der Waals surface area (Å²) in [5, 5.41) is 22.2. The average molecular weight is 265 g/mol. The second kappa shape index (κ2) is 6.92. The predicted molar refractivity (Wildman–Crippen MR) is 79.6 cm³/mol. The normalized spacial score (nSPS) is 11.8. The Labute approximate surface area is 116 Å². The molecular weight excluding hydrogens is 238 g/mol. The Morgan fingerprint density at radius 3 is 2.42 bits per heavy atom. The van der Waals surface area contributed by atoms with Crippen molar-refractivity contribution in [2.45, 2.75) is 52.5 Å². The van der Waals surface area contributed by atoms with Gasteiger partial charge in [-0.3, -0.25) is 0 Å². The van der Waals surface area contributed by atoms with E-state index in [1.54, 1.807) is 0 Å². The Kier molecular flexibility index (Phi) is 5.83. The Balaban J connectivity index is 2.72. The first-order valence-electron chi connectivity index (χ1n) is 7.01. The van der Waals surface area contributed by atoms with Gasteiger partial charge in [-0.2, -0.15) is 0 Å². The molecule has 3 nitrogen and oxygen atoms in total. The van der Waals surface area contributed by atoms with Crippen LogP contribution < -0.4 is 5.32 Å². The molecule has 0 aliphatic heterocycles. The van der Waals surface area contributed by atoms with Crippen molar-refractivity contribution in [2.24, 2.45) is 0 Å². The second-order valence-electron chi connectivity index (χ2n) is 6.17. The van der Waals surface area contributed by atoms with Gasteiger partial charge in [0.1, 0.15) is 5.75 Å². The standard InChI is InChI=1S/C16H27NO2/c1-12-9-13(11-17-7-5-6-8-18)10-14(15(12)19)16(2,3)4/h9-10,17-19H,5-8,11H2,1-4H3. The summed E-state index contributed by atoms with van der Waals surface area (Å²) >= 11 is 0. The van der Waals surface area contributed by atoms with Gasteiger partial charge in [-0.05, 0) is 48.4 Å².